The Morgan fingerprint density at radius 3 is 2.75 bits per heavy atom. The highest BCUT2D eigenvalue weighted by molar-refractivity contribution is 9.10. The van der Waals surface area contributed by atoms with E-state index >= 15 is 0 Å². The van der Waals surface area contributed by atoms with Crippen molar-refractivity contribution in [1.82, 2.24) is 10.6 Å². The van der Waals surface area contributed by atoms with E-state index in [0.29, 0.717) is 28.9 Å². The first kappa shape index (κ1) is 16.5. The highest BCUT2D eigenvalue weighted by Crippen LogP contribution is 2.19. The molecule has 0 heterocycles. The smallest absolute Gasteiger partial charge is 0.252 e. The van der Waals surface area contributed by atoms with Crippen LogP contribution in [0.5, 0.6) is 0 Å². The van der Waals surface area contributed by atoms with E-state index in [0.717, 1.165) is 0 Å². The van der Waals surface area contributed by atoms with Gasteiger partial charge >= 0.3 is 0 Å². The average Bonchev–Trinajstić information content (AvgIpc) is 2.41. The molecule has 0 spiro atoms. The Morgan fingerprint density at radius 1 is 1.30 bits per heavy atom. The number of benzene rings is 1. The Kier molecular flexibility index (Phi) is 7.03. The molecule has 0 atom stereocenters. The van der Waals surface area contributed by atoms with Gasteiger partial charge in [0.25, 0.3) is 5.91 Å². The molecule has 0 bridgehead atoms. The summed E-state index contributed by atoms with van der Waals surface area (Å²) in [5.41, 5.74) is 6.59. The molecule has 2 amide bonds. The van der Waals surface area contributed by atoms with Gasteiger partial charge in [0.15, 0.2) is 0 Å². The van der Waals surface area contributed by atoms with Crippen LogP contribution in [-0.2, 0) is 9.53 Å². The number of nitrogens with two attached hydrogens (primary N) is 1. The van der Waals surface area contributed by atoms with Crippen molar-refractivity contribution in [3.05, 3.63) is 28.2 Å². The van der Waals surface area contributed by atoms with Gasteiger partial charge in [-0.25, -0.2) is 0 Å². The predicted molar refractivity (Wildman–Crippen MR) is 80.4 cm³/mol. The van der Waals surface area contributed by atoms with Crippen LogP contribution in [-0.4, -0.2) is 38.6 Å². The SMILES string of the molecule is COCCNC(=O)CCNC(=O)c1cc(N)ccc1Br. The van der Waals surface area contributed by atoms with Crippen LogP contribution in [0.15, 0.2) is 22.7 Å². The number of halogens is 1. The maximum atomic E-state index is 11.9. The maximum absolute atomic E-state index is 11.9. The fourth-order valence-electron chi connectivity index (χ4n) is 1.48. The molecule has 4 N–H and O–H groups in total. The van der Waals surface area contributed by atoms with Crippen LogP contribution in [0, 0.1) is 0 Å². The van der Waals surface area contributed by atoms with E-state index in [1.165, 1.54) is 0 Å². The number of anilines is 1. The van der Waals surface area contributed by atoms with Gasteiger partial charge in [0.2, 0.25) is 5.91 Å². The molecule has 0 saturated heterocycles. The molecule has 6 nitrogen and oxygen atoms in total. The molecule has 0 fully saturated rings. The second-order valence-corrected chi connectivity index (χ2v) is 4.94. The van der Waals surface area contributed by atoms with E-state index < -0.39 is 0 Å². The molecular weight excluding hydrogens is 326 g/mol. The Bertz CT molecular complexity index is 480. The van der Waals surface area contributed by atoms with Crippen LogP contribution >= 0.6 is 15.9 Å². The summed E-state index contributed by atoms with van der Waals surface area (Å²) < 4.78 is 5.48. The van der Waals surface area contributed by atoms with Crippen LogP contribution in [0.3, 0.4) is 0 Å². The zero-order chi connectivity index (χ0) is 15.0. The van der Waals surface area contributed by atoms with Gasteiger partial charge in [0.05, 0.1) is 12.2 Å². The van der Waals surface area contributed by atoms with Gasteiger partial charge in [0, 0.05) is 36.8 Å². The fourth-order valence-corrected chi connectivity index (χ4v) is 1.91. The van der Waals surface area contributed by atoms with E-state index in [-0.39, 0.29) is 24.8 Å². The lowest BCUT2D eigenvalue weighted by Gasteiger charge is -2.08. The molecule has 0 aromatic heterocycles. The van der Waals surface area contributed by atoms with Gasteiger partial charge in [-0.1, -0.05) is 0 Å². The molecule has 0 aliphatic carbocycles. The van der Waals surface area contributed by atoms with Gasteiger partial charge in [0.1, 0.15) is 0 Å². The zero-order valence-corrected chi connectivity index (χ0v) is 12.8. The van der Waals surface area contributed by atoms with Crippen molar-refractivity contribution < 1.29 is 14.3 Å². The van der Waals surface area contributed by atoms with Gasteiger partial charge in [-0.15, -0.1) is 0 Å². The lowest BCUT2D eigenvalue weighted by atomic mass is 10.2. The number of carbonyl (C=O) groups excluding carboxylic acids is 2. The highest BCUT2D eigenvalue weighted by atomic mass is 79.9. The summed E-state index contributed by atoms with van der Waals surface area (Å²) in [5, 5.41) is 5.34. The normalized spacial score (nSPS) is 10.1. The third kappa shape index (κ3) is 5.58. The second kappa shape index (κ2) is 8.55. The molecular formula is C13H18BrN3O3. The molecule has 1 aromatic carbocycles. The zero-order valence-electron chi connectivity index (χ0n) is 11.2. The van der Waals surface area contributed by atoms with Crippen LogP contribution in [0.4, 0.5) is 5.69 Å². The first-order valence-corrected chi connectivity index (χ1v) is 6.92. The lowest BCUT2D eigenvalue weighted by Crippen LogP contribution is -2.32. The van der Waals surface area contributed by atoms with Crippen LogP contribution in [0.2, 0.25) is 0 Å². The first-order valence-electron chi connectivity index (χ1n) is 6.13. The lowest BCUT2D eigenvalue weighted by molar-refractivity contribution is -0.121. The Morgan fingerprint density at radius 2 is 2.05 bits per heavy atom. The molecule has 1 rings (SSSR count). The first-order chi connectivity index (χ1) is 9.54. The monoisotopic (exact) mass is 343 g/mol. The van der Waals surface area contributed by atoms with Gasteiger partial charge in [-0.2, -0.15) is 0 Å². The average molecular weight is 344 g/mol. The quantitative estimate of drug-likeness (QED) is 0.506. The van der Waals surface area contributed by atoms with Crippen molar-refractivity contribution in [3.63, 3.8) is 0 Å². The van der Waals surface area contributed by atoms with Crippen LogP contribution in [0.25, 0.3) is 0 Å². The van der Waals surface area contributed by atoms with Gasteiger partial charge < -0.3 is 21.1 Å². The summed E-state index contributed by atoms with van der Waals surface area (Å²) in [6.45, 7) is 1.19. The fraction of sp³-hybridized carbons (Fsp3) is 0.385. The number of ether oxygens (including phenoxy) is 1. The maximum Gasteiger partial charge on any atom is 0.252 e. The number of hydrogen-bond donors (Lipinski definition) is 3. The van der Waals surface area contributed by atoms with Gasteiger partial charge in [-0.05, 0) is 34.1 Å². The summed E-state index contributed by atoms with van der Waals surface area (Å²) >= 11 is 3.28. The number of nitrogen functional groups attached to an aromatic ring is 1. The molecule has 0 radical (unpaired) electrons. The van der Waals surface area contributed by atoms with Crippen molar-refractivity contribution >= 4 is 33.4 Å². The number of methoxy groups -OCH3 is 1. The summed E-state index contributed by atoms with van der Waals surface area (Å²) in [6, 6.07) is 4.99. The summed E-state index contributed by atoms with van der Waals surface area (Å²) in [7, 11) is 1.57. The minimum absolute atomic E-state index is 0.131. The molecule has 0 saturated carbocycles. The summed E-state index contributed by atoms with van der Waals surface area (Å²) in [4.78, 5) is 23.3. The van der Waals surface area contributed by atoms with E-state index in [4.69, 9.17) is 10.5 Å². The Labute approximate surface area is 126 Å². The standard InChI is InChI=1S/C13H18BrN3O3/c1-20-7-6-16-12(18)4-5-17-13(19)10-8-9(15)2-3-11(10)14/h2-3,8H,4-7,15H2,1H3,(H,16,18)(H,17,19). The number of nitrogens with one attached hydrogen (secondary N) is 2. The van der Waals surface area contributed by atoms with Crippen molar-refractivity contribution in [2.45, 2.75) is 6.42 Å². The minimum atomic E-state index is -0.270. The number of amides is 2. The summed E-state index contributed by atoms with van der Waals surface area (Å²) in [5.74, 6) is -0.400. The topological polar surface area (TPSA) is 93.5 Å². The number of carbonyl (C=O) groups is 2. The molecule has 20 heavy (non-hydrogen) atoms. The van der Waals surface area contributed by atoms with Crippen molar-refractivity contribution in [2.24, 2.45) is 0 Å². The van der Waals surface area contributed by atoms with E-state index in [1.54, 1.807) is 25.3 Å². The minimum Gasteiger partial charge on any atom is -0.399 e. The molecule has 1 aromatic rings. The Balaban J connectivity index is 2.36. The van der Waals surface area contributed by atoms with Crippen molar-refractivity contribution in [2.75, 3.05) is 32.5 Å². The molecule has 110 valence electrons. The van der Waals surface area contributed by atoms with E-state index in [2.05, 4.69) is 26.6 Å². The van der Waals surface area contributed by atoms with E-state index in [1.807, 2.05) is 0 Å². The van der Waals surface area contributed by atoms with Gasteiger partial charge in [-0.3, -0.25) is 9.59 Å². The molecule has 7 heteroatoms. The number of hydrogen-bond acceptors (Lipinski definition) is 4. The third-order valence-electron chi connectivity index (χ3n) is 2.50. The second-order valence-electron chi connectivity index (χ2n) is 4.09. The van der Waals surface area contributed by atoms with Crippen LogP contribution < -0.4 is 16.4 Å². The molecule has 0 aliphatic heterocycles. The highest BCUT2D eigenvalue weighted by Gasteiger charge is 2.10. The predicted octanol–water partition coefficient (Wildman–Crippen LogP) is 0.914. The van der Waals surface area contributed by atoms with Crippen molar-refractivity contribution in [3.8, 4) is 0 Å². The Hall–Kier alpha value is -1.60. The third-order valence-corrected chi connectivity index (χ3v) is 3.19. The largest absolute Gasteiger partial charge is 0.399 e. The molecule has 0 aliphatic rings. The summed E-state index contributed by atoms with van der Waals surface area (Å²) in [6.07, 6.45) is 0.218. The van der Waals surface area contributed by atoms with E-state index in [9.17, 15) is 9.59 Å². The van der Waals surface area contributed by atoms with Crippen LogP contribution in [0.1, 0.15) is 16.8 Å². The molecule has 0 unspecified atom stereocenters. The number of rotatable bonds is 7. The van der Waals surface area contributed by atoms with Crippen molar-refractivity contribution in [1.29, 1.82) is 0 Å².